The molecule has 1 N–H and O–H groups in total. The number of aromatic carboxylic acids is 1. The van der Waals surface area contributed by atoms with Gasteiger partial charge in [-0.1, -0.05) is 0 Å². The van der Waals surface area contributed by atoms with Crippen molar-refractivity contribution in [3.8, 4) is 5.69 Å². The summed E-state index contributed by atoms with van der Waals surface area (Å²) in [4.78, 5) is 15.3. The van der Waals surface area contributed by atoms with Gasteiger partial charge in [0.25, 0.3) is 0 Å². The highest BCUT2D eigenvalue weighted by molar-refractivity contribution is 5.95. The Labute approximate surface area is 118 Å². The van der Waals surface area contributed by atoms with Crippen molar-refractivity contribution in [3.05, 3.63) is 48.0 Å². The first kappa shape index (κ1) is 12.1. The van der Waals surface area contributed by atoms with E-state index < -0.39 is 11.8 Å². The molecule has 5 nitrogen and oxygen atoms in total. The number of benzene rings is 1. The van der Waals surface area contributed by atoms with Crippen LogP contribution in [0.3, 0.4) is 0 Å². The molecule has 0 unspecified atom stereocenters. The van der Waals surface area contributed by atoms with Crippen molar-refractivity contribution in [2.24, 2.45) is 0 Å². The third-order valence-corrected chi connectivity index (χ3v) is 3.69. The number of hydrogen-bond donors (Lipinski definition) is 1. The number of hydrogen-bond acceptors (Lipinski definition) is 3. The van der Waals surface area contributed by atoms with E-state index in [1.165, 1.54) is 18.2 Å². The molecule has 1 aromatic carbocycles. The van der Waals surface area contributed by atoms with Crippen LogP contribution in [-0.4, -0.2) is 20.6 Å². The Morgan fingerprint density at radius 3 is 2.95 bits per heavy atom. The molecular formula is C15H11FN2O3. The Morgan fingerprint density at radius 2 is 2.24 bits per heavy atom. The van der Waals surface area contributed by atoms with E-state index in [9.17, 15) is 9.18 Å². The Balaban J connectivity index is 1.92. The molecule has 1 saturated carbocycles. The van der Waals surface area contributed by atoms with Gasteiger partial charge in [-0.3, -0.25) is 0 Å². The number of carbonyl (C=O) groups is 1. The number of aromatic nitrogens is 2. The summed E-state index contributed by atoms with van der Waals surface area (Å²) in [6.07, 6.45) is 5.57. The van der Waals surface area contributed by atoms with Crippen LogP contribution in [-0.2, 0) is 0 Å². The van der Waals surface area contributed by atoms with Gasteiger partial charge in [0.15, 0.2) is 0 Å². The Morgan fingerprint density at radius 1 is 1.43 bits per heavy atom. The second-order valence-corrected chi connectivity index (χ2v) is 5.20. The van der Waals surface area contributed by atoms with Gasteiger partial charge < -0.3 is 14.1 Å². The number of furan rings is 1. The summed E-state index contributed by atoms with van der Waals surface area (Å²) < 4.78 is 21.0. The molecular weight excluding hydrogens is 275 g/mol. The fourth-order valence-corrected chi connectivity index (χ4v) is 2.49. The van der Waals surface area contributed by atoms with Crippen molar-refractivity contribution < 1.29 is 18.7 Å². The molecule has 21 heavy (non-hydrogen) atoms. The zero-order valence-corrected chi connectivity index (χ0v) is 10.9. The summed E-state index contributed by atoms with van der Waals surface area (Å²) in [5, 5.41) is 9.42. The molecule has 2 aromatic heterocycles. The number of rotatable bonds is 3. The summed E-state index contributed by atoms with van der Waals surface area (Å²) in [5.41, 5.74) is 1.54. The van der Waals surface area contributed by atoms with Gasteiger partial charge in [0, 0.05) is 23.6 Å². The summed E-state index contributed by atoms with van der Waals surface area (Å²) >= 11 is 0. The smallest absolute Gasteiger partial charge is 0.371 e. The molecule has 6 heteroatoms. The van der Waals surface area contributed by atoms with E-state index in [1.807, 2.05) is 0 Å². The molecule has 0 saturated heterocycles. The largest absolute Gasteiger partial charge is 0.475 e. The molecule has 0 aliphatic heterocycles. The quantitative estimate of drug-likeness (QED) is 0.801. The first-order chi connectivity index (χ1) is 10.1. The van der Waals surface area contributed by atoms with Gasteiger partial charge in [0.05, 0.1) is 17.7 Å². The third kappa shape index (κ3) is 1.91. The maximum atomic E-state index is 14.2. The van der Waals surface area contributed by atoms with Gasteiger partial charge in [-0.25, -0.2) is 14.2 Å². The Hall–Kier alpha value is -2.63. The molecule has 0 radical (unpaired) electrons. The predicted octanol–water partition coefficient (Wildman–Crippen LogP) is 3.33. The fraction of sp³-hybridized carbons (Fsp3) is 0.200. The van der Waals surface area contributed by atoms with Crippen LogP contribution in [0.5, 0.6) is 0 Å². The summed E-state index contributed by atoms with van der Waals surface area (Å²) in [6.45, 7) is 0. The number of carboxylic acid groups (broad SMARTS) is 1. The first-order valence-corrected chi connectivity index (χ1v) is 6.63. The average Bonchev–Trinajstić information content (AvgIpc) is 3.03. The molecule has 1 aliphatic rings. The van der Waals surface area contributed by atoms with E-state index in [-0.39, 0.29) is 11.4 Å². The normalized spacial score (nSPS) is 14.7. The monoisotopic (exact) mass is 286 g/mol. The molecule has 106 valence electrons. The van der Waals surface area contributed by atoms with Crippen molar-refractivity contribution >= 4 is 16.9 Å². The van der Waals surface area contributed by atoms with E-state index in [0.29, 0.717) is 16.9 Å². The lowest BCUT2D eigenvalue weighted by atomic mass is 10.2. The molecule has 0 atom stereocenters. The van der Waals surface area contributed by atoms with Crippen LogP contribution < -0.4 is 0 Å². The molecule has 0 amide bonds. The van der Waals surface area contributed by atoms with Crippen LogP contribution in [0, 0.1) is 5.82 Å². The van der Waals surface area contributed by atoms with Crippen LogP contribution in [0.4, 0.5) is 4.39 Å². The molecule has 1 fully saturated rings. The SMILES string of the molecule is O=C(O)c1cc2c(-n3cnc(C4CC4)c3)c(F)ccc2o1. The summed E-state index contributed by atoms with van der Waals surface area (Å²) in [7, 11) is 0. The van der Waals surface area contributed by atoms with Crippen molar-refractivity contribution in [1.82, 2.24) is 9.55 Å². The molecule has 0 bridgehead atoms. The summed E-state index contributed by atoms with van der Waals surface area (Å²) in [5.74, 6) is -1.37. The van der Waals surface area contributed by atoms with Gasteiger partial charge in [-0.15, -0.1) is 0 Å². The molecule has 4 rings (SSSR count). The van der Waals surface area contributed by atoms with Gasteiger partial charge in [0.1, 0.15) is 11.4 Å². The topological polar surface area (TPSA) is 68.3 Å². The van der Waals surface area contributed by atoms with E-state index in [4.69, 9.17) is 9.52 Å². The third-order valence-electron chi connectivity index (χ3n) is 3.69. The Bertz CT molecular complexity index is 861. The lowest BCUT2D eigenvalue weighted by molar-refractivity contribution is 0.0665. The maximum absolute atomic E-state index is 14.2. The number of fused-ring (bicyclic) bond motifs is 1. The van der Waals surface area contributed by atoms with E-state index in [0.717, 1.165) is 18.5 Å². The second kappa shape index (κ2) is 4.18. The van der Waals surface area contributed by atoms with Gasteiger partial charge in [0.2, 0.25) is 5.76 Å². The van der Waals surface area contributed by atoms with Gasteiger partial charge >= 0.3 is 5.97 Å². The van der Waals surface area contributed by atoms with Crippen LogP contribution in [0.15, 0.2) is 35.1 Å². The highest BCUT2D eigenvalue weighted by atomic mass is 19.1. The van der Waals surface area contributed by atoms with Crippen LogP contribution >= 0.6 is 0 Å². The van der Waals surface area contributed by atoms with Crippen LogP contribution in [0.2, 0.25) is 0 Å². The number of halogens is 1. The lowest BCUT2D eigenvalue weighted by Gasteiger charge is -2.04. The highest BCUT2D eigenvalue weighted by Crippen LogP contribution is 2.39. The standard InChI is InChI=1S/C15H11FN2O3/c16-10-3-4-12-9(5-13(21-12)15(19)20)14(10)18-6-11(17-7-18)8-1-2-8/h3-8H,1-2H2,(H,19,20). The minimum Gasteiger partial charge on any atom is -0.475 e. The van der Waals surface area contributed by atoms with Gasteiger partial charge in [-0.2, -0.15) is 0 Å². The zero-order chi connectivity index (χ0) is 14.6. The average molecular weight is 286 g/mol. The van der Waals surface area contributed by atoms with Gasteiger partial charge in [-0.05, 0) is 25.0 Å². The van der Waals surface area contributed by atoms with Crippen molar-refractivity contribution in [3.63, 3.8) is 0 Å². The Kier molecular flexibility index (Phi) is 2.42. The second-order valence-electron chi connectivity index (χ2n) is 5.20. The minimum absolute atomic E-state index is 0.209. The lowest BCUT2D eigenvalue weighted by Crippen LogP contribution is -1.95. The number of imidazole rings is 1. The molecule has 3 aromatic rings. The van der Waals surface area contributed by atoms with Crippen LogP contribution in [0.25, 0.3) is 16.7 Å². The minimum atomic E-state index is -1.18. The first-order valence-electron chi connectivity index (χ1n) is 6.63. The van der Waals surface area contributed by atoms with Crippen molar-refractivity contribution in [2.45, 2.75) is 18.8 Å². The van der Waals surface area contributed by atoms with E-state index in [1.54, 1.807) is 17.1 Å². The van der Waals surface area contributed by atoms with E-state index in [2.05, 4.69) is 4.98 Å². The fourth-order valence-electron chi connectivity index (χ4n) is 2.49. The van der Waals surface area contributed by atoms with E-state index >= 15 is 0 Å². The van der Waals surface area contributed by atoms with Crippen LogP contribution in [0.1, 0.15) is 35.0 Å². The zero-order valence-electron chi connectivity index (χ0n) is 10.9. The highest BCUT2D eigenvalue weighted by Gasteiger charge is 2.26. The number of nitrogens with zero attached hydrogens (tertiary/aromatic N) is 2. The molecule has 0 spiro atoms. The summed E-state index contributed by atoms with van der Waals surface area (Å²) in [6, 6.07) is 4.04. The van der Waals surface area contributed by atoms with Crippen molar-refractivity contribution in [2.75, 3.05) is 0 Å². The molecule has 2 heterocycles. The van der Waals surface area contributed by atoms with Crippen molar-refractivity contribution in [1.29, 1.82) is 0 Å². The maximum Gasteiger partial charge on any atom is 0.371 e. The number of carboxylic acids is 1. The molecule has 1 aliphatic carbocycles. The predicted molar refractivity (Wildman–Crippen MR) is 72.2 cm³/mol.